The quantitative estimate of drug-likeness (QED) is 0.0211. The van der Waals surface area contributed by atoms with E-state index >= 15 is 0 Å². The summed E-state index contributed by atoms with van der Waals surface area (Å²) in [6.45, 7) is 4.85. The number of allylic oxidation sites excluding steroid dienone is 8. The van der Waals surface area contributed by atoms with E-state index in [0.29, 0.717) is 17.4 Å². The van der Waals surface area contributed by atoms with Gasteiger partial charge in [-0.25, -0.2) is 4.79 Å². The van der Waals surface area contributed by atoms with Gasteiger partial charge in [-0.1, -0.05) is 377 Å². The van der Waals surface area contributed by atoms with Gasteiger partial charge < -0.3 is 28.5 Å². The lowest BCUT2D eigenvalue weighted by molar-refractivity contribution is -0.870. The Hall–Kier alpha value is -2.75. The summed E-state index contributed by atoms with van der Waals surface area (Å²) in [5.74, 6) is -1.97. The van der Waals surface area contributed by atoms with Gasteiger partial charge in [0.05, 0.1) is 34.4 Å². The molecule has 528 valence electrons. The van der Waals surface area contributed by atoms with Crippen molar-refractivity contribution in [3.63, 3.8) is 0 Å². The number of unbranched alkanes of at least 4 members (excludes halogenated alkanes) is 51. The zero-order valence-corrected chi connectivity index (χ0v) is 60.6. The lowest BCUT2D eigenvalue weighted by atomic mass is 10.0. The van der Waals surface area contributed by atoms with Crippen LogP contribution < -0.4 is 0 Å². The number of ether oxygens (including phenoxy) is 4. The average molecular weight is 1270 g/mol. The number of aliphatic carboxylic acids is 1. The molecule has 2 atom stereocenters. The van der Waals surface area contributed by atoms with Crippen molar-refractivity contribution in [3.05, 3.63) is 48.6 Å². The van der Waals surface area contributed by atoms with Crippen molar-refractivity contribution in [3.8, 4) is 0 Å². The molecule has 0 bridgehead atoms. The van der Waals surface area contributed by atoms with Gasteiger partial charge in [0.15, 0.2) is 6.10 Å². The maximum atomic E-state index is 13.0. The lowest BCUT2D eigenvalue weighted by Gasteiger charge is -2.25. The van der Waals surface area contributed by atoms with Crippen molar-refractivity contribution in [2.45, 2.75) is 405 Å². The minimum absolute atomic E-state index is 0.175. The number of carbonyl (C=O) groups excluding carboxylic acids is 2. The first kappa shape index (κ1) is 87.2. The molecule has 0 aromatic carbocycles. The van der Waals surface area contributed by atoms with Crippen LogP contribution in [-0.4, -0.2) is 87.4 Å². The molecule has 0 amide bonds. The summed E-state index contributed by atoms with van der Waals surface area (Å²) in [6, 6.07) is 0. The molecule has 0 aliphatic heterocycles. The molecular formula is C81H152NO8+. The lowest BCUT2D eigenvalue weighted by Crippen LogP contribution is -2.40. The van der Waals surface area contributed by atoms with Crippen LogP contribution in [0.15, 0.2) is 48.6 Å². The maximum Gasteiger partial charge on any atom is 0.361 e. The van der Waals surface area contributed by atoms with Crippen molar-refractivity contribution in [2.75, 3.05) is 47.5 Å². The zero-order chi connectivity index (χ0) is 65.4. The summed E-state index contributed by atoms with van der Waals surface area (Å²) in [6.07, 6.45) is 91.3. The largest absolute Gasteiger partial charge is 0.477 e. The Morgan fingerprint density at radius 1 is 0.344 bits per heavy atom. The van der Waals surface area contributed by atoms with Crippen LogP contribution in [0.2, 0.25) is 0 Å². The summed E-state index contributed by atoms with van der Waals surface area (Å²) in [5, 5.41) is 9.77. The number of likely N-dealkylation sites (N-methyl/N-ethyl adjacent to an activating group) is 1. The van der Waals surface area contributed by atoms with Gasteiger partial charge in [-0.05, 0) is 51.4 Å². The maximum absolute atomic E-state index is 13.0. The van der Waals surface area contributed by atoms with Crippen LogP contribution in [0.1, 0.15) is 393 Å². The van der Waals surface area contributed by atoms with Gasteiger partial charge in [-0.2, -0.15) is 0 Å². The number of nitrogens with zero attached hydrogens (tertiary/aromatic N) is 1. The van der Waals surface area contributed by atoms with E-state index in [-0.39, 0.29) is 38.2 Å². The number of carboxylic acid groups (broad SMARTS) is 1. The standard InChI is InChI=1S/C81H151NO8/c1-6-8-10-12-14-16-18-20-22-24-26-28-30-32-34-36-37-38-39-40-41-42-43-44-46-48-50-52-54-56-58-60-62-64-66-68-70-72-79(84)90-77(76-89-81(80(85)86)87-74-73-82(3,4)5)75-88-78(83)71-69-67-65-63-61-59-57-55-53-51-49-47-45-35-33-31-29-27-25-23-21-19-17-15-13-11-9-7-2/h8,10,14,16,20,22,26,28,77,81H,6-7,9,11-13,15,17-19,21,23-25,27,29-76H2,1-5H3/p+1/b10-8-,16-14-,22-20-,28-26-. The molecule has 9 heteroatoms. The molecule has 90 heavy (non-hydrogen) atoms. The number of carbonyl (C=O) groups is 3. The second-order valence-corrected chi connectivity index (χ2v) is 28.0. The van der Waals surface area contributed by atoms with Gasteiger partial charge in [0.25, 0.3) is 6.29 Å². The van der Waals surface area contributed by atoms with E-state index in [1.807, 2.05) is 21.1 Å². The molecule has 0 rings (SSSR count). The fraction of sp³-hybridized carbons (Fsp3) is 0.864. The summed E-state index contributed by atoms with van der Waals surface area (Å²) < 4.78 is 23.1. The number of hydrogen-bond donors (Lipinski definition) is 1. The van der Waals surface area contributed by atoms with Crippen molar-refractivity contribution >= 4 is 17.9 Å². The van der Waals surface area contributed by atoms with Crippen LogP contribution in [0.5, 0.6) is 0 Å². The highest BCUT2D eigenvalue weighted by atomic mass is 16.7. The smallest absolute Gasteiger partial charge is 0.361 e. The van der Waals surface area contributed by atoms with Crippen molar-refractivity contribution in [1.82, 2.24) is 0 Å². The SMILES string of the molecule is CC/C=C\C/C=C\C/C=C\C/C=C\CCCCCCCCCCCCCCCCCCCCCCCCCCC(=O)OC(COC(=O)CCCCCCCCCCCCCCCCCCCCCCCCCCCCCC)COC(OCC[N+](C)(C)C)C(=O)O. The third kappa shape index (κ3) is 72.7. The molecule has 0 aliphatic carbocycles. The number of carboxylic acids is 1. The summed E-state index contributed by atoms with van der Waals surface area (Å²) in [5.41, 5.74) is 0. The Morgan fingerprint density at radius 2 is 0.633 bits per heavy atom. The molecule has 0 heterocycles. The van der Waals surface area contributed by atoms with Crippen LogP contribution in [0.25, 0.3) is 0 Å². The van der Waals surface area contributed by atoms with E-state index in [2.05, 4.69) is 62.5 Å². The molecule has 9 nitrogen and oxygen atoms in total. The van der Waals surface area contributed by atoms with E-state index in [1.165, 1.54) is 302 Å². The second kappa shape index (κ2) is 72.1. The molecule has 0 radical (unpaired) electrons. The van der Waals surface area contributed by atoms with E-state index in [9.17, 15) is 19.5 Å². The molecule has 1 N–H and O–H groups in total. The van der Waals surface area contributed by atoms with Crippen LogP contribution in [0, 0.1) is 0 Å². The van der Waals surface area contributed by atoms with Crippen molar-refractivity contribution in [2.24, 2.45) is 0 Å². The van der Waals surface area contributed by atoms with Crippen molar-refractivity contribution < 1.29 is 42.9 Å². The molecule has 0 fully saturated rings. The fourth-order valence-corrected chi connectivity index (χ4v) is 11.9. The summed E-state index contributed by atoms with van der Waals surface area (Å²) in [4.78, 5) is 37.7. The molecule has 0 spiro atoms. The predicted octanol–water partition coefficient (Wildman–Crippen LogP) is 24.9. The van der Waals surface area contributed by atoms with Gasteiger partial charge in [0.2, 0.25) is 0 Å². The van der Waals surface area contributed by atoms with E-state index < -0.39 is 18.4 Å². The third-order valence-corrected chi connectivity index (χ3v) is 17.8. The first-order chi connectivity index (χ1) is 44.1. The fourth-order valence-electron chi connectivity index (χ4n) is 11.9. The van der Waals surface area contributed by atoms with Gasteiger partial charge in [-0.3, -0.25) is 9.59 Å². The van der Waals surface area contributed by atoms with Crippen molar-refractivity contribution in [1.29, 1.82) is 0 Å². The predicted molar refractivity (Wildman–Crippen MR) is 387 cm³/mol. The normalized spacial score (nSPS) is 12.9. The van der Waals surface area contributed by atoms with Crippen LogP contribution in [0.4, 0.5) is 0 Å². The Kier molecular flexibility index (Phi) is 69.9. The van der Waals surface area contributed by atoms with Gasteiger partial charge >= 0.3 is 17.9 Å². The molecule has 2 unspecified atom stereocenters. The molecule has 0 aromatic heterocycles. The highest BCUT2D eigenvalue weighted by Gasteiger charge is 2.25. The summed E-state index contributed by atoms with van der Waals surface area (Å²) >= 11 is 0. The molecule has 0 saturated heterocycles. The monoisotopic (exact) mass is 1270 g/mol. The third-order valence-electron chi connectivity index (χ3n) is 17.8. The first-order valence-electron chi connectivity index (χ1n) is 39.3. The minimum atomic E-state index is -1.51. The van der Waals surface area contributed by atoms with Crippen LogP contribution >= 0.6 is 0 Å². The van der Waals surface area contributed by atoms with Crippen LogP contribution in [-0.2, 0) is 33.3 Å². The van der Waals surface area contributed by atoms with Gasteiger partial charge in [0.1, 0.15) is 13.2 Å². The molecule has 0 saturated carbocycles. The Bertz CT molecular complexity index is 1620. The number of quaternary nitrogens is 1. The van der Waals surface area contributed by atoms with Gasteiger partial charge in [0, 0.05) is 12.8 Å². The van der Waals surface area contributed by atoms with E-state index in [1.54, 1.807) is 0 Å². The topological polar surface area (TPSA) is 108 Å². The highest BCUT2D eigenvalue weighted by Crippen LogP contribution is 2.20. The van der Waals surface area contributed by atoms with E-state index in [4.69, 9.17) is 18.9 Å². The zero-order valence-electron chi connectivity index (χ0n) is 60.6. The Morgan fingerprint density at radius 3 is 0.944 bits per heavy atom. The van der Waals surface area contributed by atoms with Crippen LogP contribution in [0.3, 0.4) is 0 Å². The Balaban J connectivity index is 3.97. The molecule has 0 aliphatic rings. The Labute approximate surface area is 559 Å². The number of rotatable bonds is 74. The molecular weight excluding hydrogens is 1110 g/mol. The first-order valence-corrected chi connectivity index (χ1v) is 39.3. The number of hydrogen-bond acceptors (Lipinski definition) is 7. The second-order valence-electron chi connectivity index (χ2n) is 28.0. The van der Waals surface area contributed by atoms with E-state index in [0.717, 1.165) is 64.2 Å². The highest BCUT2D eigenvalue weighted by molar-refractivity contribution is 5.71. The summed E-state index contributed by atoms with van der Waals surface area (Å²) in [7, 11) is 6.00. The minimum Gasteiger partial charge on any atom is -0.477 e. The average Bonchev–Trinajstić information content (AvgIpc) is 3.74. The van der Waals surface area contributed by atoms with Gasteiger partial charge in [-0.15, -0.1) is 0 Å². The number of esters is 2. The molecule has 0 aromatic rings.